The van der Waals surface area contributed by atoms with Gasteiger partial charge in [-0.25, -0.2) is 0 Å². The first kappa shape index (κ1) is 20.5. The largest absolute Gasteiger partial charge is 0.416 e. The van der Waals surface area contributed by atoms with Crippen molar-refractivity contribution in [1.29, 1.82) is 0 Å². The van der Waals surface area contributed by atoms with Crippen LogP contribution in [-0.2, 0) is 11.0 Å². The molecule has 9 heteroatoms. The van der Waals surface area contributed by atoms with E-state index < -0.39 is 17.6 Å². The molecule has 0 radical (unpaired) electrons. The molecule has 0 spiro atoms. The lowest BCUT2D eigenvalue weighted by Crippen LogP contribution is -2.43. The first-order valence-electron chi connectivity index (χ1n) is 8.33. The third-order valence-corrected chi connectivity index (χ3v) is 4.70. The van der Waals surface area contributed by atoms with Gasteiger partial charge in [0.1, 0.15) is 0 Å². The molecule has 0 saturated carbocycles. The van der Waals surface area contributed by atoms with E-state index in [0.717, 1.165) is 12.1 Å². The van der Waals surface area contributed by atoms with E-state index in [1.54, 1.807) is 0 Å². The summed E-state index contributed by atoms with van der Waals surface area (Å²) in [4.78, 5) is 27.4. The number of carbonyl (C=O) groups excluding carboxylic acids is 2. The first-order valence-corrected chi connectivity index (χ1v) is 8.33. The summed E-state index contributed by atoms with van der Waals surface area (Å²) in [5.74, 6) is -0.674. The summed E-state index contributed by atoms with van der Waals surface area (Å²) in [7, 11) is 0. The summed E-state index contributed by atoms with van der Waals surface area (Å²) in [6, 6.07) is 3.20. The minimum Gasteiger partial charge on any atom is -0.339 e. The monoisotopic (exact) mass is 391 g/mol. The molecule has 2 fully saturated rings. The number of amides is 2. The molecule has 0 unspecified atom stereocenters. The Morgan fingerprint density at radius 2 is 1.77 bits per heavy atom. The van der Waals surface area contributed by atoms with E-state index in [2.05, 4.69) is 0 Å². The summed E-state index contributed by atoms with van der Waals surface area (Å²) < 4.78 is 39.7. The number of nitrogens with zero attached hydrogens (tertiary/aromatic N) is 2. The van der Waals surface area contributed by atoms with Gasteiger partial charge in [0.05, 0.1) is 5.56 Å². The molecule has 1 aromatic carbocycles. The summed E-state index contributed by atoms with van der Waals surface area (Å²) in [6.45, 7) is 1.22. The standard InChI is InChI=1S/C17H20F3N3O2.ClH/c18-17(19,20)12-8-11(16(25)22-6-3-13(21)4-7-22)9-14(10-12)23-5-1-2-15(23)24;/h8-10,13H,1-7,21H2;1H. The molecule has 2 N–H and O–H groups in total. The number of nitrogens with two attached hydrogens (primary N) is 1. The number of piperidine rings is 1. The Morgan fingerprint density at radius 3 is 2.31 bits per heavy atom. The topological polar surface area (TPSA) is 66.6 Å². The predicted octanol–water partition coefficient (Wildman–Crippen LogP) is 2.82. The SMILES string of the molecule is Cl.NC1CCN(C(=O)c2cc(N3CCCC3=O)cc(C(F)(F)F)c2)CC1. The Balaban J connectivity index is 0.00000243. The Hall–Kier alpha value is -1.80. The van der Waals surface area contributed by atoms with Gasteiger partial charge in [-0.2, -0.15) is 13.2 Å². The molecule has 0 aromatic heterocycles. The molecule has 26 heavy (non-hydrogen) atoms. The Morgan fingerprint density at radius 1 is 1.12 bits per heavy atom. The van der Waals surface area contributed by atoms with Crippen LogP contribution < -0.4 is 10.6 Å². The molecule has 2 saturated heterocycles. The fraction of sp³-hybridized carbons (Fsp3) is 0.529. The highest BCUT2D eigenvalue weighted by molar-refractivity contribution is 5.99. The molecule has 144 valence electrons. The van der Waals surface area contributed by atoms with Crippen LogP contribution >= 0.6 is 12.4 Å². The van der Waals surface area contributed by atoms with E-state index in [0.29, 0.717) is 45.3 Å². The fourth-order valence-corrected chi connectivity index (χ4v) is 3.26. The number of hydrogen-bond donors (Lipinski definition) is 1. The highest BCUT2D eigenvalue weighted by Gasteiger charge is 2.34. The number of rotatable bonds is 2. The van der Waals surface area contributed by atoms with Crippen molar-refractivity contribution in [3.05, 3.63) is 29.3 Å². The lowest BCUT2D eigenvalue weighted by molar-refractivity contribution is -0.137. The lowest BCUT2D eigenvalue weighted by Gasteiger charge is -2.30. The molecule has 3 rings (SSSR count). The number of hydrogen-bond acceptors (Lipinski definition) is 3. The van der Waals surface area contributed by atoms with E-state index in [9.17, 15) is 22.8 Å². The number of anilines is 1. The van der Waals surface area contributed by atoms with Gasteiger partial charge < -0.3 is 15.5 Å². The van der Waals surface area contributed by atoms with Gasteiger partial charge in [-0.15, -0.1) is 12.4 Å². The number of benzene rings is 1. The molecule has 0 bridgehead atoms. The fourth-order valence-electron chi connectivity index (χ4n) is 3.26. The van der Waals surface area contributed by atoms with Crippen LogP contribution in [0.4, 0.5) is 18.9 Å². The quantitative estimate of drug-likeness (QED) is 0.843. The average molecular weight is 392 g/mol. The summed E-state index contributed by atoms with van der Waals surface area (Å²) in [6.07, 6.45) is -2.42. The number of likely N-dealkylation sites (tertiary alicyclic amines) is 1. The van der Waals surface area contributed by atoms with E-state index in [1.165, 1.54) is 15.9 Å². The zero-order valence-electron chi connectivity index (χ0n) is 14.1. The Kier molecular flexibility index (Phi) is 6.18. The van der Waals surface area contributed by atoms with Gasteiger partial charge in [0.25, 0.3) is 5.91 Å². The van der Waals surface area contributed by atoms with Crippen molar-refractivity contribution >= 4 is 29.9 Å². The molecule has 1 aromatic rings. The summed E-state index contributed by atoms with van der Waals surface area (Å²) in [5, 5.41) is 0. The maximum atomic E-state index is 13.2. The van der Waals surface area contributed by atoms with Crippen molar-refractivity contribution in [3.8, 4) is 0 Å². The van der Waals surface area contributed by atoms with Crippen LogP contribution in [-0.4, -0.2) is 42.4 Å². The minimum absolute atomic E-state index is 0. The van der Waals surface area contributed by atoms with Gasteiger partial charge in [0.15, 0.2) is 0 Å². The van der Waals surface area contributed by atoms with Crippen molar-refractivity contribution < 1.29 is 22.8 Å². The minimum atomic E-state index is -4.59. The van der Waals surface area contributed by atoms with Crippen LogP contribution in [0.1, 0.15) is 41.6 Å². The van der Waals surface area contributed by atoms with Crippen molar-refractivity contribution in [2.45, 2.75) is 37.9 Å². The van der Waals surface area contributed by atoms with Crippen LogP contribution in [0.15, 0.2) is 18.2 Å². The molecule has 0 aliphatic carbocycles. The lowest BCUT2D eigenvalue weighted by atomic mass is 10.0. The van der Waals surface area contributed by atoms with Gasteiger partial charge in [0, 0.05) is 43.3 Å². The summed E-state index contributed by atoms with van der Waals surface area (Å²) in [5.41, 5.74) is 4.99. The molecule has 0 atom stereocenters. The zero-order chi connectivity index (χ0) is 18.2. The maximum absolute atomic E-state index is 13.2. The maximum Gasteiger partial charge on any atom is 0.416 e. The van der Waals surface area contributed by atoms with Crippen molar-refractivity contribution in [2.75, 3.05) is 24.5 Å². The number of halogens is 4. The first-order chi connectivity index (χ1) is 11.8. The molecule has 2 aliphatic rings. The zero-order valence-corrected chi connectivity index (χ0v) is 14.9. The number of carbonyl (C=O) groups is 2. The third kappa shape index (κ3) is 4.29. The van der Waals surface area contributed by atoms with Crippen LogP contribution in [0.25, 0.3) is 0 Å². The van der Waals surface area contributed by atoms with Gasteiger partial charge in [-0.05, 0) is 37.5 Å². The highest BCUT2D eigenvalue weighted by atomic mass is 35.5. The van der Waals surface area contributed by atoms with Gasteiger partial charge >= 0.3 is 6.18 Å². The molecule has 2 aliphatic heterocycles. The van der Waals surface area contributed by atoms with Crippen molar-refractivity contribution in [2.24, 2.45) is 5.73 Å². The van der Waals surface area contributed by atoms with E-state index in [1.807, 2.05) is 0 Å². The highest BCUT2D eigenvalue weighted by Crippen LogP contribution is 2.34. The second-order valence-electron chi connectivity index (χ2n) is 6.54. The molecular weight excluding hydrogens is 371 g/mol. The number of alkyl halides is 3. The van der Waals surface area contributed by atoms with Crippen LogP contribution in [0.2, 0.25) is 0 Å². The normalized spacial score (nSPS) is 18.8. The second-order valence-corrected chi connectivity index (χ2v) is 6.54. The van der Waals surface area contributed by atoms with Crippen molar-refractivity contribution in [3.63, 3.8) is 0 Å². The Labute approximate surface area is 155 Å². The Bertz CT molecular complexity index is 688. The molecule has 5 nitrogen and oxygen atoms in total. The van der Waals surface area contributed by atoms with Crippen molar-refractivity contribution in [1.82, 2.24) is 4.90 Å². The predicted molar refractivity (Wildman–Crippen MR) is 93.4 cm³/mol. The van der Waals surface area contributed by atoms with E-state index in [-0.39, 0.29) is 35.6 Å². The molecule has 2 amide bonds. The van der Waals surface area contributed by atoms with Crippen LogP contribution in [0, 0.1) is 0 Å². The van der Waals surface area contributed by atoms with Crippen LogP contribution in [0.3, 0.4) is 0 Å². The second kappa shape index (κ2) is 7.84. The van der Waals surface area contributed by atoms with Gasteiger partial charge in [-0.3, -0.25) is 9.59 Å². The summed E-state index contributed by atoms with van der Waals surface area (Å²) >= 11 is 0. The van der Waals surface area contributed by atoms with Gasteiger partial charge in [0.2, 0.25) is 5.91 Å². The van der Waals surface area contributed by atoms with Gasteiger partial charge in [-0.1, -0.05) is 0 Å². The molecule has 2 heterocycles. The van der Waals surface area contributed by atoms with E-state index >= 15 is 0 Å². The van der Waals surface area contributed by atoms with E-state index in [4.69, 9.17) is 5.73 Å². The third-order valence-electron chi connectivity index (χ3n) is 4.70. The molecular formula is C17H21ClF3N3O2. The van der Waals surface area contributed by atoms with Crippen LogP contribution in [0.5, 0.6) is 0 Å². The average Bonchev–Trinajstić information content (AvgIpc) is 3.00. The smallest absolute Gasteiger partial charge is 0.339 e.